The molecule has 0 atom stereocenters. The van der Waals surface area contributed by atoms with Crippen molar-refractivity contribution < 1.29 is 10.2 Å². The molecule has 0 amide bonds. The minimum atomic E-state index is 0. The van der Waals surface area contributed by atoms with Crippen molar-refractivity contribution >= 4 is 17.7 Å². The highest BCUT2D eigenvalue weighted by atomic mass is 32.2. The van der Waals surface area contributed by atoms with Crippen LogP contribution in [0.1, 0.15) is 20.8 Å². The fourth-order valence-electron chi connectivity index (χ4n) is 0.448. The van der Waals surface area contributed by atoms with Crippen LogP contribution in [0, 0.1) is 0 Å². The van der Waals surface area contributed by atoms with E-state index in [1.165, 1.54) is 5.71 Å². The zero-order chi connectivity index (χ0) is 7.61. The Morgan fingerprint density at radius 3 is 2.18 bits per heavy atom. The van der Waals surface area contributed by atoms with E-state index in [0.717, 1.165) is 13.2 Å². The Bertz CT molecular complexity index is 145. The van der Waals surface area contributed by atoms with Gasteiger partial charge in [-0.2, -0.15) is 0 Å². The molecule has 0 bridgehead atoms. The number of ether oxygens (including phenoxy) is 1. The molecule has 66 valence electrons. The minimum absolute atomic E-state index is 0. The lowest BCUT2D eigenvalue weighted by molar-refractivity contribution is 0.160. The van der Waals surface area contributed by atoms with Crippen LogP contribution in [-0.4, -0.2) is 29.1 Å². The number of nitrogens with zero attached hydrogens (tertiary/aromatic N) is 1. The molecule has 1 fully saturated rings. The lowest BCUT2D eigenvalue weighted by Crippen LogP contribution is -2.27. The summed E-state index contributed by atoms with van der Waals surface area (Å²) in [7, 11) is 0. The van der Waals surface area contributed by atoms with Crippen molar-refractivity contribution in [2.45, 2.75) is 25.5 Å². The summed E-state index contributed by atoms with van der Waals surface area (Å²) in [6.45, 7) is 7.94. The molecule has 1 aliphatic heterocycles. The van der Waals surface area contributed by atoms with E-state index in [4.69, 9.17) is 4.74 Å². The molecule has 0 spiro atoms. The van der Waals surface area contributed by atoms with Crippen molar-refractivity contribution in [3.8, 4) is 0 Å². The number of hydrogen-bond acceptors (Lipinski definition) is 3. The van der Waals surface area contributed by atoms with Gasteiger partial charge in [-0.1, -0.05) is 0 Å². The Morgan fingerprint density at radius 1 is 1.36 bits per heavy atom. The van der Waals surface area contributed by atoms with Gasteiger partial charge in [-0.3, -0.25) is 0 Å². The van der Waals surface area contributed by atoms with E-state index >= 15 is 0 Å². The molecule has 1 rings (SSSR count). The molecular formula is C7H15NO2S. The van der Waals surface area contributed by atoms with Crippen molar-refractivity contribution in [2.24, 2.45) is 4.40 Å². The smallest absolute Gasteiger partial charge is 0.0884 e. The molecule has 0 aromatic carbocycles. The molecule has 4 heteroatoms. The molecule has 11 heavy (non-hydrogen) atoms. The van der Waals surface area contributed by atoms with Crippen molar-refractivity contribution in [3.63, 3.8) is 0 Å². The zero-order valence-electron chi connectivity index (χ0n) is 7.18. The maximum atomic E-state index is 4.96. The van der Waals surface area contributed by atoms with Gasteiger partial charge in [-0.25, -0.2) is 4.40 Å². The molecule has 1 saturated heterocycles. The quantitative estimate of drug-likeness (QED) is 0.563. The molecule has 0 aromatic rings. The van der Waals surface area contributed by atoms with Gasteiger partial charge in [-0.15, -0.1) is 0 Å². The summed E-state index contributed by atoms with van der Waals surface area (Å²) in [5, 5.41) is 0. The van der Waals surface area contributed by atoms with E-state index in [1.54, 1.807) is 11.9 Å². The van der Waals surface area contributed by atoms with Crippen LogP contribution in [0.25, 0.3) is 0 Å². The topological polar surface area (TPSA) is 53.1 Å². The summed E-state index contributed by atoms with van der Waals surface area (Å²) in [5.74, 6) is 0. The van der Waals surface area contributed by atoms with Gasteiger partial charge in [0.2, 0.25) is 0 Å². The third kappa shape index (κ3) is 4.40. The minimum Gasteiger partial charge on any atom is -0.412 e. The van der Waals surface area contributed by atoms with E-state index in [-0.39, 0.29) is 10.2 Å². The summed E-state index contributed by atoms with van der Waals surface area (Å²) in [5.41, 5.74) is 1.18. The van der Waals surface area contributed by atoms with Gasteiger partial charge in [0, 0.05) is 4.75 Å². The highest BCUT2D eigenvalue weighted by molar-refractivity contribution is 7.99. The van der Waals surface area contributed by atoms with Crippen LogP contribution in [0.15, 0.2) is 4.40 Å². The third-order valence-corrected chi connectivity index (χ3v) is 1.88. The van der Waals surface area contributed by atoms with Crippen molar-refractivity contribution in [3.05, 3.63) is 0 Å². The van der Waals surface area contributed by atoms with Gasteiger partial charge >= 0.3 is 0 Å². The standard InChI is InChI=1S/C7H13NOS.H2O/c1-7(2,3)10-8-6-4-9-5-6;/h4-5H2,1-3H3;1H2. The second-order valence-electron chi connectivity index (χ2n) is 3.35. The highest BCUT2D eigenvalue weighted by Crippen LogP contribution is 2.24. The lowest BCUT2D eigenvalue weighted by Gasteiger charge is -2.18. The molecule has 1 aliphatic rings. The van der Waals surface area contributed by atoms with Gasteiger partial charge in [-0.05, 0) is 32.7 Å². The fraction of sp³-hybridized carbons (Fsp3) is 0.857. The molecule has 0 radical (unpaired) electrons. The van der Waals surface area contributed by atoms with Crippen molar-refractivity contribution in [1.29, 1.82) is 0 Å². The maximum Gasteiger partial charge on any atom is 0.0884 e. The first-order chi connectivity index (χ1) is 4.58. The largest absolute Gasteiger partial charge is 0.412 e. The molecule has 0 aromatic heterocycles. The van der Waals surface area contributed by atoms with Crippen molar-refractivity contribution in [2.75, 3.05) is 13.2 Å². The van der Waals surface area contributed by atoms with Crippen molar-refractivity contribution in [1.82, 2.24) is 0 Å². The third-order valence-electron chi connectivity index (χ3n) is 0.986. The first kappa shape index (κ1) is 10.9. The molecule has 0 aliphatic carbocycles. The van der Waals surface area contributed by atoms with Crippen LogP contribution in [0.3, 0.4) is 0 Å². The van der Waals surface area contributed by atoms with Gasteiger partial charge in [0.15, 0.2) is 0 Å². The zero-order valence-corrected chi connectivity index (χ0v) is 7.99. The summed E-state index contributed by atoms with van der Waals surface area (Å²) >= 11 is 1.63. The second kappa shape index (κ2) is 4.09. The van der Waals surface area contributed by atoms with Gasteiger partial charge < -0.3 is 10.2 Å². The summed E-state index contributed by atoms with van der Waals surface area (Å²) in [4.78, 5) is 0. The average molecular weight is 177 g/mol. The first-order valence-electron chi connectivity index (χ1n) is 3.39. The Balaban J connectivity index is 0.000001000. The first-order valence-corrected chi connectivity index (χ1v) is 4.17. The van der Waals surface area contributed by atoms with E-state index in [2.05, 4.69) is 25.2 Å². The number of rotatable bonds is 1. The van der Waals surface area contributed by atoms with Crippen LogP contribution >= 0.6 is 11.9 Å². The Kier molecular flexibility index (Phi) is 4.07. The second-order valence-corrected chi connectivity index (χ2v) is 4.94. The SMILES string of the molecule is CC(C)(C)SN=C1COC1.O. The summed E-state index contributed by atoms with van der Waals surface area (Å²) in [6.07, 6.45) is 0. The molecule has 3 nitrogen and oxygen atoms in total. The van der Waals surface area contributed by atoms with Gasteiger partial charge in [0.05, 0.1) is 18.9 Å². The van der Waals surface area contributed by atoms with Crippen LogP contribution < -0.4 is 0 Å². The molecule has 1 heterocycles. The van der Waals surface area contributed by atoms with Crippen LogP contribution in [-0.2, 0) is 4.74 Å². The maximum absolute atomic E-state index is 4.96. The fourth-order valence-corrected chi connectivity index (χ4v) is 0.956. The Morgan fingerprint density at radius 2 is 1.91 bits per heavy atom. The van der Waals surface area contributed by atoms with Crippen LogP contribution in [0.2, 0.25) is 0 Å². The van der Waals surface area contributed by atoms with E-state index in [0.29, 0.717) is 0 Å². The summed E-state index contributed by atoms with van der Waals surface area (Å²) in [6, 6.07) is 0. The summed E-state index contributed by atoms with van der Waals surface area (Å²) < 4.78 is 9.50. The predicted molar refractivity (Wildman–Crippen MR) is 49.2 cm³/mol. The molecule has 0 saturated carbocycles. The van der Waals surface area contributed by atoms with Gasteiger partial charge in [0.25, 0.3) is 0 Å². The van der Waals surface area contributed by atoms with Gasteiger partial charge in [0.1, 0.15) is 0 Å². The molecular weight excluding hydrogens is 162 g/mol. The average Bonchev–Trinajstić information content (AvgIpc) is 1.56. The normalized spacial score (nSPS) is 16.8. The lowest BCUT2D eigenvalue weighted by atomic mass is 10.3. The predicted octanol–water partition coefficient (Wildman–Crippen LogP) is 1.08. The molecule has 0 unspecified atom stereocenters. The number of hydrogen-bond donors (Lipinski definition) is 0. The van der Waals surface area contributed by atoms with E-state index in [9.17, 15) is 0 Å². The molecule has 2 N–H and O–H groups in total. The highest BCUT2D eigenvalue weighted by Gasteiger charge is 2.14. The Hall–Kier alpha value is -0.0600. The van der Waals surface area contributed by atoms with E-state index < -0.39 is 0 Å². The monoisotopic (exact) mass is 177 g/mol. The Labute approximate surface area is 71.7 Å². The van der Waals surface area contributed by atoms with Crippen LogP contribution in [0.5, 0.6) is 0 Å². The van der Waals surface area contributed by atoms with Crippen LogP contribution in [0.4, 0.5) is 0 Å². The van der Waals surface area contributed by atoms with E-state index in [1.807, 2.05) is 0 Å².